The van der Waals surface area contributed by atoms with Gasteiger partial charge in [0.25, 0.3) is 0 Å². The van der Waals surface area contributed by atoms with Crippen LogP contribution in [0.3, 0.4) is 0 Å². The van der Waals surface area contributed by atoms with Crippen LogP contribution in [0.5, 0.6) is 0 Å². The molecule has 0 unspecified atom stereocenters. The standard InChI is InChI=1S/C13H17BrN2S/c1-2-5-16-6-3-11(10-16)8-15-9-13-12(14)4-7-17-13/h3-4,6-7,10,15H,2,5,8-9H2,1H3. The van der Waals surface area contributed by atoms with E-state index in [1.165, 1.54) is 21.3 Å². The molecule has 0 bridgehead atoms. The molecule has 0 aliphatic heterocycles. The van der Waals surface area contributed by atoms with Crippen LogP contribution in [0.4, 0.5) is 0 Å². The molecule has 4 heteroatoms. The molecular formula is C13H17BrN2S. The summed E-state index contributed by atoms with van der Waals surface area (Å²) >= 11 is 5.33. The van der Waals surface area contributed by atoms with Crippen LogP contribution >= 0.6 is 27.3 Å². The molecule has 2 aromatic heterocycles. The van der Waals surface area contributed by atoms with Gasteiger partial charge in [-0.25, -0.2) is 0 Å². The summed E-state index contributed by atoms with van der Waals surface area (Å²) in [6.45, 7) is 5.17. The maximum Gasteiger partial charge on any atom is 0.0327 e. The lowest BCUT2D eigenvalue weighted by molar-refractivity contribution is 0.670. The molecule has 0 atom stereocenters. The Labute approximate surface area is 115 Å². The van der Waals surface area contributed by atoms with Gasteiger partial charge in [0.1, 0.15) is 0 Å². The minimum atomic E-state index is 0.928. The van der Waals surface area contributed by atoms with E-state index in [0.717, 1.165) is 19.6 Å². The summed E-state index contributed by atoms with van der Waals surface area (Å²) in [5.41, 5.74) is 1.35. The van der Waals surface area contributed by atoms with Gasteiger partial charge in [0.15, 0.2) is 0 Å². The molecule has 2 heterocycles. The Hall–Kier alpha value is -0.580. The van der Waals surface area contributed by atoms with E-state index in [1.807, 2.05) is 0 Å². The molecule has 2 aromatic rings. The number of hydrogen-bond acceptors (Lipinski definition) is 2. The summed E-state index contributed by atoms with van der Waals surface area (Å²) in [6, 6.07) is 4.28. The first kappa shape index (κ1) is 12.9. The largest absolute Gasteiger partial charge is 0.354 e. The summed E-state index contributed by atoms with van der Waals surface area (Å²) in [4.78, 5) is 1.36. The number of aromatic nitrogens is 1. The summed E-state index contributed by atoms with van der Waals surface area (Å²) in [5.74, 6) is 0. The molecule has 0 saturated heterocycles. The lowest BCUT2D eigenvalue weighted by atomic mass is 10.3. The van der Waals surface area contributed by atoms with Gasteiger partial charge in [0.2, 0.25) is 0 Å². The number of hydrogen-bond donors (Lipinski definition) is 1. The molecular weight excluding hydrogens is 296 g/mol. The van der Waals surface area contributed by atoms with Crippen LogP contribution in [0.1, 0.15) is 23.8 Å². The molecule has 0 fully saturated rings. The van der Waals surface area contributed by atoms with Crippen LogP contribution in [0.2, 0.25) is 0 Å². The average molecular weight is 313 g/mol. The Kier molecular flexibility index (Phi) is 4.83. The van der Waals surface area contributed by atoms with Crippen molar-refractivity contribution in [2.75, 3.05) is 0 Å². The van der Waals surface area contributed by atoms with Crippen molar-refractivity contribution in [2.24, 2.45) is 0 Å². The molecule has 1 N–H and O–H groups in total. The second-order valence-electron chi connectivity index (χ2n) is 4.05. The van der Waals surface area contributed by atoms with E-state index in [0.29, 0.717) is 0 Å². The first-order chi connectivity index (χ1) is 8.29. The van der Waals surface area contributed by atoms with Crippen molar-refractivity contribution in [3.05, 3.63) is 44.8 Å². The SMILES string of the molecule is CCCn1ccc(CNCc2sccc2Br)c1. The Bertz CT molecular complexity index is 461. The number of aryl methyl sites for hydroxylation is 1. The lowest BCUT2D eigenvalue weighted by Gasteiger charge is -2.02. The van der Waals surface area contributed by atoms with Gasteiger partial charge in [0.05, 0.1) is 0 Å². The minimum Gasteiger partial charge on any atom is -0.354 e. The molecule has 0 aromatic carbocycles. The molecule has 0 spiro atoms. The third-order valence-electron chi connectivity index (χ3n) is 2.60. The first-order valence-corrected chi connectivity index (χ1v) is 7.54. The lowest BCUT2D eigenvalue weighted by Crippen LogP contribution is -2.11. The van der Waals surface area contributed by atoms with Crippen LogP contribution in [-0.2, 0) is 19.6 Å². The Morgan fingerprint density at radius 1 is 1.35 bits per heavy atom. The third-order valence-corrected chi connectivity index (χ3v) is 4.53. The number of nitrogens with one attached hydrogen (secondary N) is 1. The summed E-state index contributed by atoms with van der Waals surface area (Å²) in [7, 11) is 0. The van der Waals surface area contributed by atoms with Crippen LogP contribution in [0.15, 0.2) is 34.4 Å². The molecule has 0 aliphatic carbocycles. The van der Waals surface area contributed by atoms with Crippen molar-refractivity contribution < 1.29 is 0 Å². The van der Waals surface area contributed by atoms with Gasteiger partial charge >= 0.3 is 0 Å². The van der Waals surface area contributed by atoms with E-state index < -0.39 is 0 Å². The highest BCUT2D eigenvalue weighted by Gasteiger charge is 2.01. The van der Waals surface area contributed by atoms with E-state index in [4.69, 9.17) is 0 Å². The van der Waals surface area contributed by atoms with Gasteiger partial charge in [-0.1, -0.05) is 6.92 Å². The van der Waals surface area contributed by atoms with Crippen LogP contribution in [0.25, 0.3) is 0 Å². The zero-order valence-corrected chi connectivity index (χ0v) is 12.4. The predicted octanol–water partition coefficient (Wildman–Crippen LogP) is 4.01. The fraction of sp³-hybridized carbons (Fsp3) is 0.385. The number of thiophene rings is 1. The van der Waals surface area contributed by atoms with Crippen LogP contribution < -0.4 is 5.32 Å². The molecule has 2 nitrogen and oxygen atoms in total. The van der Waals surface area contributed by atoms with Gasteiger partial charge in [-0.05, 0) is 45.4 Å². The van der Waals surface area contributed by atoms with Gasteiger partial charge in [-0.2, -0.15) is 0 Å². The summed E-state index contributed by atoms with van der Waals surface area (Å²) < 4.78 is 3.46. The fourth-order valence-electron chi connectivity index (χ4n) is 1.76. The zero-order chi connectivity index (χ0) is 12.1. The van der Waals surface area contributed by atoms with Crippen molar-refractivity contribution in [1.82, 2.24) is 9.88 Å². The van der Waals surface area contributed by atoms with Gasteiger partial charge in [0, 0.05) is 41.4 Å². The van der Waals surface area contributed by atoms with Crippen molar-refractivity contribution in [2.45, 2.75) is 33.0 Å². The van der Waals surface area contributed by atoms with E-state index >= 15 is 0 Å². The smallest absolute Gasteiger partial charge is 0.0327 e. The Morgan fingerprint density at radius 2 is 2.24 bits per heavy atom. The average Bonchev–Trinajstić information content (AvgIpc) is 2.90. The monoisotopic (exact) mass is 312 g/mol. The molecule has 0 amide bonds. The highest BCUT2D eigenvalue weighted by molar-refractivity contribution is 9.10. The molecule has 0 radical (unpaired) electrons. The molecule has 92 valence electrons. The van der Waals surface area contributed by atoms with Crippen molar-refractivity contribution >= 4 is 27.3 Å². The zero-order valence-electron chi connectivity index (χ0n) is 9.95. The topological polar surface area (TPSA) is 17.0 Å². The van der Waals surface area contributed by atoms with E-state index in [9.17, 15) is 0 Å². The third kappa shape index (κ3) is 3.69. The minimum absolute atomic E-state index is 0.928. The Morgan fingerprint density at radius 3 is 2.94 bits per heavy atom. The number of rotatable bonds is 6. The van der Waals surface area contributed by atoms with Gasteiger partial charge in [-0.3, -0.25) is 0 Å². The number of nitrogens with zero attached hydrogens (tertiary/aromatic N) is 1. The second-order valence-corrected chi connectivity index (χ2v) is 5.91. The highest BCUT2D eigenvalue weighted by Crippen LogP contribution is 2.22. The van der Waals surface area contributed by atoms with E-state index in [-0.39, 0.29) is 0 Å². The molecule has 0 aliphatic rings. The predicted molar refractivity (Wildman–Crippen MR) is 77.3 cm³/mol. The summed E-state index contributed by atoms with van der Waals surface area (Å²) in [6.07, 6.45) is 5.56. The molecule has 2 rings (SSSR count). The second kappa shape index (κ2) is 6.38. The summed E-state index contributed by atoms with van der Waals surface area (Å²) in [5, 5.41) is 5.58. The van der Waals surface area contributed by atoms with Gasteiger partial charge in [-0.15, -0.1) is 11.3 Å². The van der Waals surface area contributed by atoms with Crippen molar-refractivity contribution in [3.63, 3.8) is 0 Å². The maximum absolute atomic E-state index is 3.54. The maximum atomic E-state index is 3.54. The molecule has 0 saturated carbocycles. The first-order valence-electron chi connectivity index (χ1n) is 5.87. The van der Waals surface area contributed by atoms with Gasteiger partial charge < -0.3 is 9.88 Å². The molecule has 17 heavy (non-hydrogen) atoms. The number of halogens is 1. The van der Waals surface area contributed by atoms with Crippen molar-refractivity contribution in [1.29, 1.82) is 0 Å². The fourth-order valence-corrected chi connectivity index (χ4v) is 3.23. The highest BCUT2D eigenvalue weighted by atomic mass is 79.9. The quantitative estimate of drug-likeness (QED) is 0.852. The van der Waals surface area contributed by atoms with Crippen molar-refractivity contribution in [3.8, 4) is 0 Å². The van der Waals surface area contributed by atoms with E-state index in [1.54, 1.807) is 11.3 Å². The normalized spacial score (nSPS) is 10.9. The Balaban J connectivity index is 1.80. The van der Waals surface area contributed by atoms with E-state index in [2.05, 4.69) is 62.6 Å². The van der Waals surface area contributed by atoms with Crippen LogP contribution in [-0.4, -0.2) is 4.57 Å². The van der Waals surface area contributed by atoms with Crippen LogP contribution in [0, 0.1) is 0 Å².